The molecule has 534 valence electrons. The van der Waals surface area contributed by atoms with E-state index >= 15 is 0 Å². The zero-order valence-corrected chi connectivity index (χ0v) is 60.4. The fourth-order valence-corrected chi connectivity index (χ4v) is 12.2. The van der Waals surface area contributed by atoms with E-state index in [-0.39, 0.29) is 25.7 Å². The highest BCUT2D eigenvalue weighted by atomic mass is 31.2. The number of rotatable bonds is 69. The molecule has 0 fully saturated rings. The second-order valence-corrected chi connectivity index (χ2v) is 29.5. The Morgan fingerprint density at radius 1 is 0.322 bits per heavy atom. The minimum absolute atomic E-state index is 0.103. The minimum Gasteiger partial charge on any atom is -0.462 e. The topological polar surface area (TPSA) is 237 Å². The van der Waals surface area contributed by atoms with Gasteiger partial charge in [-0.25, -0.2) is 9.13 Å². The molecule has 7 atom stereocenters. The van der Waals surface area contributed by atoms with Gasteiger partial charge in [0.25, 0.3) is 0 Å². The van der Waals surface area contributed by atoms with E-state index in [0.29, 0.717) is 25.7 Å². The maximum Gasteiger partial charge on any atom is 0.472 e. The van der Waals surface area contributed by atoms with Crippen molar-refractivity contribution >= 4 is 39.5 Å². The van der Waals surface area contributed by atoms with Gasteiger partial charge in [0.05, 0.1) is 26.4 Å². The van der Waals surface area contributed by atoms with Crippen LogP contribution in [0.1, 0.15) is 357 Å². The number of aliphatic hydroxyl groups excluding tert-OH is 1. The first kappa shape index (κ1) is 88.1. The molecule has 0 saturated heterocycles. The van der Waals surface area contributed by atoms with Crippen LogP contribution in [0, 0.1) is 17.8 Å². The Morgan fingerprint density at radius 2 is 0.567 bits per heavy atom. The fraction of sp³-hybridized carbons (Fsp3) is 0.944. The van der Waals surface area contributed by atoms with Crippen LogP contribution in [0.3, 0.4) is 0 Å². The Balaban J connectivity index is 5.10. The van der Waals surface area contributed by atoms with Crippen molar-refractivity contribution in [3.05, 3.63) is 0 Å². The summed E-state index contributed by atoms with van der Waals surface area (Å²) in [7, 11) is -9.89. The van der Waals surface area contributed by atoms with Crippen molar-refractivity contribution in [1.82, 2.24) is 0 Å². The fourth-order valence-electron chi connectivity index (χ4n) is 10.7. The molecule has 0 aliphatic carbocycles. The Morgan fingerprint density at radius 3 is 0.844 bits per heavy atom. The van der Waals surface area contributed by atoms with Gasteiger partial charge in [0.15, 0.2) is 12.2 Å². The van der Waals surface area contributed by atoms with Crippen molar-refractivity contribution in [3.8, 4) is 0 Å². The number of phosphoric acid groups is 2. The second kappa shape index (κ2) is 61.9. The highest BCUT2D eigenvalue weighted by Gasteiger charge is 2.30. The zero-order valence-electron chi connectivity index (χ0n) is 58.6. The summed E-state index contributed by atoms with van der Waals surface area (Å²) in [5, 5.41) is 10.6. The molecule has 0 spiro atoms. The van der Waals surface area contributed by atoms with Crippen molar-refractivity contribution in [1.29, 1.82) is 0 Å². The number of phosphoric ester groups is 2. The SMILES string of the molecule is CCCCCCCC(=O)OC[C@H](COP(=O)(O)OC[C@H](O)COP(=O)(O)OC[C@@H](COC(=O)CCCCCCCCCCC(C)CC)OC(=O)CCCCCCCCCCCCCCCCCCCCC(C)CC)OC(=O)CCCCCCCCCCC(C)C. The van der Waals surface area contributed by atoms with Gasteiger partial charge in [-0.05, 0) is 43.4 Å². The number of ether oxygens (including phenoxy) is 4. The smallest absolute Gasteiger partial charge is 0.462 e. The molecule has 0 amide bonds. The summed E-state index contributed by atoms with van der Waals surface area (Å²) in [6.45, 7) is 11.8. The first-order valence-electron chi connectivity index (χ1n) is 36.9. The van der Waals surface area contributed by atoms with Crippen molar-refractivity contribution < 1.29 is 80.2 Å². The molecule has 19 heteroatoms. The quantitative estimate of drug-likeness (QED) is 0.0222. The number of unbranched alkanes of at least 4 members (excludes halogenated alkanes) is 35. The van der Waals surface area contributed by atoms with Crippen LogP contribution < -0.4 is 0 Å². The Labute approximate surface area is 549 Å². The van der Waals surface area contributed by atoms with Crippen LogP contribution in [0.4, 0.5) is 0 Å². The standard InChI is InChI=1S/C71H138O17P2/c1-8-11-12-35-45-52-68(73)81-58-66(87-71(76)55-48-41-34-27-25-29-36-42-49-62(4)5)60-85-89(77,78)83-56-65(72)57-84-90(79,80)86-61-67(59-82-69(74)53-46-39-32-28-26-31-38-44-51-64(7)10-3)88-70(75)54-47-40-33-24-22-20-18-16-14-13-15-17-19-21-23-30-37-43-50-63(6)9-2/h62-67,72H,8-61H2,1-7H3,(H,77,78)(H,79,80)/t63?,64?,65-,66+,67+/m0/s1. The van der Waals surface area contributed by atoms with Crippen LogP contribution >= 0.6 is 15.6 Å². The van der Waals surface area contributed by atoms with E-state index in [0.717, 1.165) is 114 Å². The zero-order chi connectivity index (χ0) is 66.6. The third kappa shape index (κ3) is 62.2. The van der Waals surface area contributed by atoms with Crippen LogP contribution in [0.5, 0.6) is 0 Å². The number of aliphatic hydroxyl groups is 1. The van der Waals surface area contributed by atoms with Gasteiger partial charge in [0.2, 0.25) is 0 Å². The summed E-state index contributed by atoms with van der Waals surface area (Å²) in [5.41, 5.74) is 0. The van der Waals surface area contributed by atoms with Gasteiger partial charge in [-0.3, -0.25) is 37.3 Å². The van der Waals surface area contributed by atoms with Gasteiger partial charge in [0, 0.05) is 25.7 Å². The maximum atomic E-state index is 13.0. The van der Waals surface area contributed by atoms with Crippen LogP contribution in [0.2, 0.25) is 0 Å². The number of hydrogen-bond acceptors (Lipinski definition) is 15. The van der Waals surface area contributed by atoms with E-state index in [1.807, 2.05) is 0 Å². The van der Waals surface area contributed by atoms with E-state index in [4.69, 9.17) is 37.0 Å². The molecule has 0 rings (SSSR count). The number of carbonyl (C=O) groups excluding carboxylic acids is 4. The monoisotopic (exact) mass is 1320 g/mol. The minimum atomic E-state index is -4.95. The summed E-state index contributed by atoms with van der Waals surface area (Å²) in [4.78, 5) is 72.2. The number of carbonyl (C=O) groups is 4. The van der Waals surface area contributed by atoms with Crippen LogP contribution in [-0.2, 0) is 65.4 Å². The first-order chi connectivity index (χ1) is 43.3. The molecule has 0 heterocycles. The van der Waals surface area contributed by atoms with E-state index in [9.17, 15) is 43.2 Å². The van der Waals surface area contributed by atoms with E-state index in [1.54, 1.807) is 0 Å². The van der Waals surface area contributed by atoms with Gasteiger partial charge >= 0.3 is 39.5 Å². The molecule has 0 saturated carbocycles. The molecule has 0 aromatic heterocycles. The molecule has 4 unspecified atom stereocenters. The Kier molecular flexibility index (Phi) is 60.6. The molecule has 0 bridgehead atoms. The third-order valence-electron chi connectivity index (χ3n) is 17.1. The molecule has 17 nitrogen and oxygen atoms in total. The molecule has 0 radical (unpaired) electrons. The van der Waals surface area contributed by atoms with Gasteiger partial charge in [-0.1, -0.05) is 305 Å². The summed E-state index contributed by atoms with van der Waals surface area (Å²) >= 11 is 0. The molecule has 0 aliphatic heterocycles. The maximum absolute atomic E-state index is 13.0. The molecular weight excluding hydrogens is 1190 g/mol. The van der Waals surface area contributed by atoms with Gasteiger partial charge in [-0.15, -0.1) is 0 Å². The number of hydrogen-bond donors (Lipinski definition) is 3. The first-order valence-corrected chi connectivity index (χ1v) is 39.9. The van der Waals surface area contributed by atoms with Crippen LogP contribution in [-0.4, -0.2) is 96.7 Å². The average Bonchev–Trinajstić information content (AvgIpc) is 2.98. The molecule has 90 heavy (non-hydrogen) atoms. The normalized spacial score (nSPS) is 14.8. The molecule has 0 aliphatic rings. The molecular formula is C71H138O17P2. The predicted octanol–water partition coefficient (Wildman–Crippen LogP) is 20.2. The van der Waals surface area contributed by atoms with Crippen molar-refractivity contribution in [2.24, 2.45) is 17.8 Å². The lowest BCUT2D eigenvalue weighted by atomic mass is 9.99. The van der Waals surface area contributed by atoms with Gasteiger partial charge in [-0.2, -0.15) is 0 Å². The predicted molar refractivity (Wildman–Crippen MR) is 363 cm³/mol. The molecule has 0 aromatic carbocycles. The summed E-state index contributed by atoms with van der Waals surface area (Å²) in [6, 6.07) is 0. The lowest BCUT2D eigenvalue weighted by molar-refractivity contribution is -0.161. The van der Waals surface area contributed by atoms with E-state index in [1.165, 1.54) is 161 Å². The average molecular weight is 1330 g/mol. The highest BCUT2D eigenvalue weighted by molar-refractivity contribution is 7.47. The Bertz CT molecular complexity index is 1770. The number of esters is 4. The van der Waals surface area contributed by atoms with Crippen molar-refractivity contribution in [2.45, 2.75) is 375 Å². The largest absolute Gasteiger partial charge is 0.472 e. The van der Waals surface area contributed by atoms with Crippen LogP contribution in [0.25, 0.3) is 0 Å². The Hall–Kier alpha value is -1.94. The van der Waals surface area contributed by atoms with E-state index < -0.39 is 97.5 Å². The highest BCUT2D eigenvalue weighted by Crippen LogP contribution is 2.45. The van der Waals surface area contributed by atoms with Gasteiger partial charge in [0.1, 0.15) is 19.3 Å². The van der Waals surface area contributed by atoms with Crippen molar-refractivity contribution in [2.75, 3.05) is 39.6 Å². The lowest BCUT2D eigenvalue weighted by Crippen LogP contribution is -2.30. The van der Waals surface area contributed by atoms with Gasteiger partial charge < -0.3 is 33.8 Å². The summed E-state index contributed by atoms with van der Waals surface area (Å²) in [5.74, 6) is 0.228. The molecule has 3 N–H and O–H groups in total. The second-order valence-electron chi connectivity index (χ2n) is 26.6. The summed E-state index contributed by atoms with van der Waals surface area (Å²) < 4.78 is 68.0. The summed E-state index contributed by atoms with van der Waals surface area (Å²) in [6.07, 6.45) is 46.3. The van der Waals surface area contributed by atoms with Crippen LogP contribution in [0.15, 0.2) is 0 Å². The lowest BCUT2D eigenvalue weighted by Gasteiger charge is -2.21. The van der Waals surface area contributed by atoms with Crippen molar-refractivity contribution in [3.63, 3.8) is 0 Å². The molecule has 0 aromatic rings. The third-order valence-corrected chi connectivity index (χ3v) is 19.0. The van der Waals surface area contributed by atoms with E-state index in [2.05, 4.69) is 48.5 Å².